The van der Waals surface area contributed by atoms with Crippen molar-refractivity contribution in [3.05, 3.63) is 75.5 Å². The second-order valence-electron chi connectivity index (χ2n) is 8.18. The fourth-order valence-electron chi connectivity index (χ4n) is 4.50. The number of ether oxygens (including phenoxy) is 1. The molecule has 1 heterocycles. The van der Waals surface area contributed by atoms with Crippen LogP contribution in [0.2, 0.25) is 0 Å². The van der Waals surface area contributed by atoms with Gasteiger partial charge in [-0.2, -0.15) is 5.26 Å². The standard InChI is InChI=1S/C26H27N3O/c1-16-12-17(2)23(18(3)13-16)15-30-20-10-8-19(9-11-20)25-21-6-4-5-7-24(21)29-26(28)22(25)14-27/h8-13H,4-7,15H2,1-3H3,(H2,28,29). The Bertz CT molecular complexity index is 1120. The average Bonchev–Trinajstić information content (AvgIpc) is 2.72. The Morgan fingerprint density at radius 1 is 1.03 bits per heavy atom. The van der Waals surface area contributed by atoms with E-state index in [2.05, 4.69) is 44.0 Å². The molecule has 2 aromatic carbocycles. The molecule has 0 fully saturated rings. The average molecular weight is 398 g/mol. The van der Waals surface area contributed by atoms with Crippen LogP contribution in [0, 0.1) is 32.1 Å². The van der Waals surface area contributed by atoms with Gasteiger partial charge in [-0.25, -0.2) is 4.98 Å². The number of benzene rings is 2. The highest BCUT2D eigenvalue weighted by Gasteiger charge is 2.22. The molecule has 4 heteroatoms. The molecule has 4 rings (SSSR count). The lowest BCUT2D eigenvalue weighted by atomic mass is 9.86. The van der Waals surface area contributed by atoms with Crippen molar-refractivity contribution in [1.29, 1.82) is 5.26 Å². The summed E-state index contributed by atoms with van der Waals surface area (Å²) >= 11 is 0. The maximum Gasteiger partial charge on any atom is 0.142 e. The Kier molecular flexibility index (Phi) is 5.46. The lowest BCUT2D eigenvalue weighted by Crippen LogP contribution is -2.11. The van der Waals surface area contributed by atoms with Crippen LogP contribution in [0.15, 0.2) is 36.4 Å². The number of rotatable bonds is 4. The Morgan fingerprint density at radius 3 is 2.37 bits per heavy atom. The van der Waals surface area contributed by atoms with E-state index in [-0.39, 0.29) is 0 Å². The third-order valence-electron chi connectivity index (χ3n) is 5.98. The molecule has 0 aliphatic heterocycles. The quantitative estimate of drug-likeness (QED) is 0.623. The van der Waals surface area contributed by atoms with Crippen LogP contribution < -0.4 is 10.5 Å². The molecule has 0 atom stereocenters. The number of anilines is 1. The lowest BCUT2D eigenvalue weighted by molar-refractivity contribution is 0.304. The van der Waals surface area contributed by atoms with Crippen molar-refractivity contribution >= 4 is 5.82 Å². The van der Waals surface area contributed by atoms with Crippen molar-refractivity contribution in [2.45, 2.75) is 53.1 Å². The molecule has 0 radical (unpaired) electrons. The van der Waals surface area contributed by atoms with Crippen LogP contribution in [0.3, 0.4) is 0 Å². The number of aryl methyl sites for hydroxylation is 4. The Balaban J connectivity index is 1.62. The van der Waals surface area contributed by atoms with Gasteiger partial charge in [0.05, 0.1) is 0 Å². The molecule has 1 aromatic heterocycles. The minimum atomic E-state index is 0.332. The lowest BCUT2D eigenvalue weighted by Gasteiger charge is -2.21. The molecule has 0 unspecified atom stereocenters. The molecule has 0 saturated heterocycles. The summed E-state index contributed by atoms with van der Waals surface area (Å²) in [5.74, 6) is 1.14. The van der Waals surface area contributed by atoms with E-state index in [1.165, 1.54) is 27.8 Å². The van der Waals surface area contributed by atoms with E-state index in [0.717, 1.165) is 48.3 Å². The van der Waals surface area contributed by atoms with Crippen LogP contribution in [0.1, 0.15) is 51.9 Å². The number of pyridine rings is 1. The number of aromatic nitrogens is 1. The fourth-order valence-corrected chi connectivity index (χ4v) is 4.50. The van der Waals surface area contributed by atoms with Gasteiger partial charge in [-0.15, -0.1) is 0 Å². The van der Waals surface area contributed by atoms with Gasteiger partial charge in [0.1, 0.15) is 29.8 Å². The molecule has 3 aromatic rings. The number of nitrogen functional groups attached to an aromatic ring is 1. The Labute approximate surface area is 178 Å². The highest BCUT2D eigenvalue weighted by Crippen LogP contribution is 2.36. The highest BCUT2D eigenvalue weighted by molar-refractivity contribution is 5.79. The summed E-state index contributed by atoms with van der Waals surface area (Å²) in [4.78, 5) is 4.50. The van der Waals surface area contributed by atoms with Gasteiger partial charge in [0.15, 0.2) is 0 Å². The van der Waals surface area contributed by atoms with Crippen LogP contribution in [0.4, 0.5) is 5.82 Å². The van der Waals surface area contributed by atoms with E-state index in [1.807, 2.05) is 24.3 Å². The molecule has 0 amide bonds. The molecule has 1 aliphatic rings. The van der Waals surface area contributed by atoms with Crippen molar-refractivity contribution < 1.29 is 4.74 Å². The summed E-state index contributed by atoms with van der Waals surface area (Å²) in [5, 5.41) is 9.70. The molecule has 30 heavy (non-hydrogen) atoms. The second-order valence-corrected chi connectivity index (χ2v) is 8.18. The van der Waals surface area contributed by atoms with Crippen LogP contribution >= 0.6 is 0 Å². The molecule has 0 saturated carbocycles. The van der Waals surface area contributed by atoms with Gasteiger partial charge < -0.3 is 10.5 Å². The predicted molar refractivity (Wildman–Crippen MR) is 120 cm³/mol. The number of nitrogens with zero attached hydrogens (tertiary/aromatic N) is 2. The largest absolute Gasteiger partial charge is 0.489 e. The SMILES string of the molecule is Cc1cc(C)c(COc2ccc(-c3c(C#N)c(N)nc4c3CCCC4)cc2)c(C)c1. The van der Waals surface area contributed by atoms with E-state index >= 15 is 0 Å². The summed E-state index contributed by atoms with van der Waals surface area (Å²) < 4.78 is 6.08. The molecule has 1 aliphatic carbocycles. The summed E-state index contributed by atoms with van der Waals surface area (Å²) in [6.45, 7) is 6.91. The zero-order valence-corrected chi connectivity index (χ0v) is 17.9. The van der Waals surface area contributed by atoms with Gasteiger partial charge in [0.25, 0.3) is 0 Å². The molecule has 2 N–H and O–H groups in total. The number of nitrogens with two attached hydrogens (primary N) is 1. The van der Waals surface area contributed by atoms with Crippen molar-refractivity contribution in [1.82, 2.24) is 4.98 Å². The van der Waals surface area contributed by atoms with Gasteiger partial charge in [0.2, 0.25) is 0 Å². The minimum absolute atomic E-state index is 0.332. The topological polar surface area (TPSA) is 71.9 Å². The van der Waals surface area contributed by atoms with E-state index in [4.69, 9.17) is 10.5 Å². The summed E-state index contributed by atoms with van der Waals surface area (Å²) in [5.41, 5.74) is 15.7. The number of nitriles is 1. The molecule has 4 nitrogen and oxygen atoms in total. The molecular weight excluding hydrogens is 370 g/mol. The normalized spacial score (nSPS) is 12.9. The van der Waals surface area contributed by atoms with Crippen molar-refractivity contribution in [3.63, 3.8) is 0 Å². The van der Waals surface area contributed by atoms with Gasteiger partial charge in [-0.3, -0.25) is 0 Å². The highest BCUT2D eigenvalue weighted by atomic mass is 16.5. The van der Waals surface area contributed by atoms with Crippen LogP contribution in [-0.4, -0.2) is 4.98 Å². The fraction of sp³-hybridized carbons (Fsp3) is 0.308. The maximum atomic E-state index is 9.70. The Morgan fingerprint density at radius 2 is 1.70 bits per heavy atom. The van der Waals surface area contributed by atoms with Gasteiger partial charge >= 0.3 is 0 Å². The van der Waals surface area contributed by atoms with Crippen molar-refractivity contribution in [2.75, 3.05) is 5.73 Å². The Hall–Kier alpha value is -3.32. The number of fused-ring (bicyclic) bond motifs is 1. The zero-order chi connectivity index (χ0) is 21.3. The summed E-state index contributed by atoms with van der Waals surface area (Å²) in [6.07, 6.45) is 4.11. The van der Waals surface area contributed by atoms with E-state index in [0.29, 0.717) is 18.0 Å². The summed E-state index contributed by atoms with van der Waals surface area (Å²) in [7, 11) is 0. The smallest absolute Gasteiger partial charge is 0.142 e. The molecule has 152 valence electrons. The third-order valence-corrected chi connectivity index (χ3v) is 5.98. The van der Waals surface area contributed by atoms with E-state index in [9.17, 15) is 5.26 Å². The molecular formula is C26H27N3O. The van der Waals surface area contributed by atoms with Crippen molar-refractivity contribution in [3.8, 4) is 22.9 Å². The summed E-state index contributed by atoms with van der Waals surface area (Å²) in [6, 6.07) is 14.6. The molecule has 0 spiro atoms. The second kappa shape index (κ2) is 8.20. The zero-order valence-electron chi connectivity index (χ0n) is 17.9. The number of hydrogen-bond donors (Lipinski definition) is 1. The first-order valence-electron chi connectivity index (χ1n) is 10.5. The maximum absolute atomic E-state index is 9.70. The van der Waals surface area contributed by atoms with E-state index in [1.54, 1.807) is 0 Å². The van der Waals surface area contributed by atoms with Gasteiger partial charge in [-0.05, 0) is 86.4 Å². The van der Waals surface area contributed by atoms with Gasteiger partial charge in [0, 0.05) is 11.3 Å². The van der Waals surface area contributed by atoms with Crippen LogP contribution in [0.5, 0.6) is 5.75 Å². The van der Waals surface area contributed by atoms with Crippen molar-refractivity contribution in [2.24, 2.45) is 0 Å². The first-order valence-corrected chi connectivity index (χ1v) is 10.5. The van der Waals surface area contributed by atoms with Gasteiger partial charge in [-0.1, -0.05) is 29.8 Å². The predicted octanol–water partition coefficient (Wildman–Crippen LogP) is 5.59. The van der Waals surface area contributed by atoms with Crippen LogP contribution in [0.25, 0.3) is 11.1 Å². The first-order chi connectivity index (χ1) is 14.5. The number of hydrogen-bond acceptors (Lipinski definition) is 4. The monoisotopic (exact) mass is 397 g/mol. The molecule has 0 bridgehead atoms. The van der Waals surface area contributed by atoms with Crippen LogP contribution in [-0.2, 0) is 19.4 Å². The van der Waals surface area contributed by atoms with E-state index < -0.39 is 0 Å². The first kappa shape index (κ1) is 20.0. The third kappa shape index (κ3) is 3.76. The minimum Gasteiger partial charge on any atom is -0.489 e.